The van der Waals surface area contributed by atoms with Crippen molar-refractivity contribution in [2.45, 2.75) is 126 Å². The van der Waals surface area contributed by atoms with Gasteiger partial charge >= 0.3 is 0 Å². The zero-order valence-corrected chi connectivity index (χ0v) is 22.8. The summed E-state index contributed by atoms with van der Waals surface area (Å²) < 4.78 is 0. The van der Waals surface area contributed by atoms with Gasteiger partial charge in [-0.1, -0.05) is 74.0 Å². The third-order valence-corrected chi connectivity index (χ3v) is 14.5. The van der Waals surface area contributed by atoms with Crippen LogP contribution >= 0.6 is 0 Å². The molecule has 32 heavy (non-hydrogen) atoms. The number of aliphatic hydroxyl groups is 1. The minimum Gasteiger partial charge on any atom is -0.393 e. The minimum absolute atomic E-state index is 0.00925. The van der Waals surface area contributed by atoms with Crippen LogP contribution in [0.2, 0.25) is 0 Å². The number of aliphatic hydroxyl groups excluding tert-OH is 1. The Kier molecular flexibility index (Phi) is 4.89. The zero-order valence-electron chi connectivity index (χ0n) is 22.8. The fraction of sp³-hybridized carbons (Fsp3) is 0.935. The summed E-state index contributed by atoms with van der Waals surface area (Å²) in [6.45, 7) is 23.1. The lowest BCUT2D eigenvalue weighted by Crippen LogP contribution is -2.68. The molecule has 0 radical (unpaired) electrons. The van der Waals surface area contributed by atoms with Crippen LogP contribution in [0.1, 0.15) is 120 Å². The predicted molar refractivity (Wildman–Crippen MR) is 135 cm³/mol. The topological polar surface area (TPSA) is 20.2 Å². The van der Waals surface area contributed by atoms with Crippen molar-refractivity contribution in [2.24, 2.45) is 56.2 Å². The van der Waals surface area contributed by atoms with Crippen LogP contribution in [0, 0.1) is 56.2 Å². The van der Waals surface area contributed by atoms with Crippen molar-refractivity contribution in [3.63, 3.8) is 0 Å². The van der Waals surface area contributed by atoms with Crippen LogP contribution in [-0.4, -0.2) is 11.2 Å². The molecular formula is C31H52O. The van der Waals surface area contributed by atoms with Crippen LogP contribution in [0.4, 0.5) is 0 Å². The SMILES string of the molecule is CC1CCC2(C)CCC3(C)C(=CCC4C3(C)CCC3(C)C(C)(C)C(O)CCC43C)C2C1C. The average Bonchev–Trinajstić information content (AvgIpc) is 2.72. The second-order valence-electron chi connectivity index (χ2n) is 15.2. The number of fused-ring (bicyclic) bond motifs is 7. The number of rotatable bonds is 0. The number of hydrogen-bond donors (Lipinski definition) is 1. The smallest absolute Gasteiger partial charge is 0.0596 e. The van der Waals surface area contributed by atoms with Crippen molar-refractivity contribution in [3.8, 4) is 0 Å². The molecular weight excluding hydrogens is 388 g/mol. The predicted octanol–water partition coefficient (Wildman–Crippen LogP) is 8.41. The average molecular weight is 441 g/mol. The maximum absolute atomic E-state index is 11.1. The molecule has 1 nitrogen and oxygen atoms in total. The van der Waals surface area contributed by atoms with E-state index in [1.54, 1.807) is 0 Å². The van der Waals surface area contributed by atoms with E-state index in [-0.39, 0.29) is 16.9 Å². The Balaban J connectivity index is 1.62. The Labute approximate surface area is 199 Å². The van der Waals surface area contributed by atoms with Crippen LogP contribution in [0.25, 0.3) is 0 Å². The third-order valence-electron chi connectivity index (χ3n) is 14.5. The van der Waals surface area contributed by atoms with Crippen molar-refractivity contribution in [1.82, 2.24) is 0 Å². The van der Waals surface area contributed by atoms with E-state index in [4.69, 9.17) is 0 Å². The first-order chi connectivity index (χ1) is 14.7. The van der Waals surface area contributed by atoms with Gasteiger partial charge in [0.05, 0.1) is 6.10 Å². The molecule has 0 bridgehead atoms. The molecule has 4 saturated carbocycles. The van der Waals surface area contributed by atoms with Crippen LogP contribution in [0.3, 0.4) is 0 Å². The molecule has 10 unspecified atom stereocenters. The highest BCUT2D eigenvalue weighted by Crippen LogP contribution is 2.78. The molecule has 0 heterocycles. The van der Waals surface area contributed by atoms with E-state index >= 15 is 0 Å². The van der Waals surface area contributed by atoms with E-state index in [0.29, 0.717) is 21.7 Å². The van der Waals surface area contributed by atoms with Gasteiger partial charge in [0.15, 0.2) is 0 Å². The Morgan fingerprint density at radius 3 is 2.16 bits per heavy atom. The third kappa shape index (κ3) is 2.46. The highest BCUT2D eigenvalue weighted by molar-refractivity contribution is 5.34. The fourth-order valence-electron chi connectivity index (χ4n) is 11.0. The molecule has 0 aromatic rings. The van der Waals surface area contributed by atoms with Gasteiger partial charge in [-0.3, -0.25) is 0 Å². The molecule has 0 aromatic carbocycles. The second kappa shape index (κ2) is 6.67. The normalized spacial score (nSPS) is 59.2. The Morgan fingerprint density at radius 1 is 0.781 bits per heavy atom. The molecule has 0 amide bonds. The molecule has 10 atom stereocenters. The van der Waals surface area contributed by atoms with E-state index in [2.05, 4.69) is 68.4 Å². The van der Waals surface area contributed by atoms with Gasteiger partial charge in [0.2, 0.25) is 0 Å². The standard InChI is InChI=1S/C31H52O/c1-20-12-14-27(5)16-17-28(6)22(25(27)21(20)2)10-11-23-29(28,7)18-19-31(9)26(3,4)24(32)13-15-30(23,31)8/h10,20-21,23-25,32H,11-19H2,1-9H3. The highest BCUT2D eigenvalue weighted by atomic mass is 16.3. The summed E-state index contributed by atoms with van der Waals surface area (Å²) in [5, 5.41) is 11.1. The van der Waals surface area contributed by atoms with Gasteiger partial charge in [-0.25, -0.2) is 0 Å². The fourth-order valence-corrected chi connectivity index (χ4v) is 11.0. The van der Waals surface area contributed by atoms with E-state index < -0.39 is 0 Å². The Hall–Kier alpha value is -0.300. The van der Waals surface area contributed by atoms with Crippen LogP contribution < -0.4 is 0 Å². The quantitative estimate of drug-likeness (QED) is 0.375. The van der Waals surface area contributed by atoms with Crippen molar-refractivity contribution >= 4 is 0 Å². The van der Waals surface area contributed by atoms with Crippen LogP contribution in [0.5, 0.6) is 0 Å². The Bertz CT molecular complexity index is 824. The summed E-state index contributed by atoms with van der Waals surface area (Å²) in [6.07, 6.45) is 14.4. The van der Waals surface area contributed by atoms with Gasteiger partial charge in [-0.2, -0.15) is 0 Å². The first-order valence-electron chi connectivity index (χ1n) is 14.1. The lowest BCUT2D eigenvalue weighted by molar-refractivity contribution is -0.250. The highest BCUT2D eigenvalue weighted by Gasteiger charge is 2.71. The molecule has 0 saturated heterocycles. The maximum Gasteiger partial charge on any atom is 0.0596 e. The Morgan fingerprint density at radius 2 is 1.47 bits per heavy atom. The van der Waals surface area contributed by atoms with Gasteiger partial charge < -0.3 is 5.11 Å². The van der Waals surface area contributed by atoms with Gasteiger partial charge in [0, 0.05) is 0 Å². The summed E-state index contributed by atoms with van der Waals surface area (Å²) in [5.41, 5.74) is 3.63. The molecule has 1 N–H and O–H groups in total. The molecule has 0 aliphatic heterocycles. The van der Waals surface area contributed by atoms with Gasteiger partial charge in [-0.05, 0) is 114 Å². The largest absolute Gasteiger partial charge is 0.393 e. The molecule has 0 aromatic heterocycles. The van der Waals surface area contributed by atoms with Gasteiger partial charge in [0.1, 0.15) is 0 Å². The molecule has 5 rings (SSSR count). The summed E-state index contributed by atoms with van der Waals surface area (Å²) in [7, 11) is 0. The molecule has 5 aliphatic carbocycles. The minimum atomic E-state index is -0.157. The van der Waals surface area contributed by atoms with E-state index in [9.17, 15) is 5.11 Å². The lowest BCUT2D eigenvalue weighted by Gasteiger charge is -2.74. The van der Waals surface area contributed by atoms with Crippen molar-refractivity contribution in [3.05, 3.63) is 11.6 Å². The van der Waals surface area contributed by atoms with Crippen molar-refractivity contribution in [1.29, 1.82) is 0 Å². The molecule has 1 heteroatoms. The summed E-state index contributed by atoms with van der Waals surface area (Å²) in [5.74, 6) is 3.19. The molecule has 5 aliphatic rings. The first-order valence-corrected chi connectivity index (χ1v) is 14.1. The summed E-state index contributed by atoms with van der Waals surface area (Å²) >= 11 is 0. The second-order valence-corrected chi connectivity index (χ2v) is 15.2. The van der Waals surface area contributed by atoms with Crippen LogP contribution in [0.15, 0.2) is 11.6 Å². The monoisotopic (exact) mass is 440 g/mol. The van der Waals surface area contributed by atoms with E-state index in [1.165, 1.54) is 51.4 Å². The zero-order chi connectivity index (χ0) is 23.5. The van der Waals surface area contributed by atoms with E-state index in [1.807, 2.05) is 5.57 Å². The summed E-state index contributed by atoms with van der Waals surface area (Å²) in [6, 6.07) is 0. The van der Waals surface area contributed by atoms with Gasteiger partial charge in [0.25, 0.3) is 0 Å². The molecule has 182 valence electrons. The lowest BCUT2D eigenvalue weighted by atomic mass is 9.30. The molecule has 0 spiro atoms. The van der Waals surface area contributed by atoms with Crippen molar-refractivity contribution < 1.29 is 5.11 Å². The first kappa shape index (κ1) is 23.4. The molecule has 4 fully saturated rings. The number of hydrogen-bond acceptors (Lipinski definition) is 1. The van der Waals surface area contributed by atoms with Crippen LogP contribution in [-0.2, 0) is 0 Å². The van der Waals surface area contributed by atoms with E-state index in [0.717, 1.165) is 30.1 Å². The van der Waals surface area contributed by atoms with Crippen molar-refractivity contribution in [2.75, 3.05) is 0 Å². The van der Waals surface area contributed by atoms with Gasteiger partial charge in [-0.15, -0.1) is 0 Å². The summed E-state index contributed by atoms with van der Waals surface area (Å²) in [4.78, 5) is 0. The number of allylic oxidation sites excluding steroid dienone is 2. The maximum atomic E-state index is 11.1.